The Morgan fingerprint density at radius 1 is 1.11 bits per heavy atom. The van der Waals surface area contributed by atoms with Crippen LogP contribution in [-0.2, 0) is 20.9 Å². The quantitative estimate of drug-likeness (QED) is 0.622. The zero-order chi connectivity index (χ0) is 20.1. The molecule has 2 aromatic carbocycles. The SMILES string of the molecule is C[C@@H](NC(=O)COC(=O)Cn1ccc(=O)[nH]c1=O)c1cccc2ccccc12. The van der Waals surface area contributed by atoms with E-state index >= 15 is 0 Å². The maximum absolute atomic E-state index is 12.1. The van der Waals surface area contributed by atoms with E-state index in [1.165, 1.54) is 6.20 Å². The summed E-state index contributed by atoms with van der Waals surface area (Å²) < 4.78 is 5.90. The third-order valence-corrected chi connectivity index (χ3v) is 4.23. The zero-order valence-electron chi connectivity index (χ0n) is 15.2. The number of benzene rings is 2. The Morgan fingerprint density at radius 2 is 1.86 bits per heavy atom. The lowest BCUT2D eigenvalue weighted by molar-refractivity contribution is -0.149. The number of amides is 1. The van der Waals surface area contributed by atoms with Crippen molar-refractivity contribution in [2.75, 3.05) is 6.61 Å². The predicted molar refractivity (Wildman–Crippen MR) is 103 cm³/mol. The maximum Gasteiger partial charge on any atom is 0.328 e. The largest absolute Gasteiger partial charge is 0.454 e. The van der Waals surface area contributed by atoms with Crippen molar-refractivity contribution in [2.45, 2.75) is 19.5 Å². The Hall–Kier alpha value is -3.68. The van der Waals surface area contributed by atoms with Crippen LogP contribution in [-0.4, -0.2) is 28.0 Å². The van der Waals surface area contributed by atoms with E-state index in [0.29, 0.717) is 0 Å². The van der Waals surface area contributed by atoms with Gasteiger partial charge in [0.2, 0.25) is 0 Å². The zero-order valence-corrected chi connectivity index (χ0v) is 15.2. The summed E-state index contributed by atoms with van der Waals surface area (Å²) in [5, 5.41) is 4.90. The first-order valence-electron chi connectivity index (χ1n) is 8.66. The number of rotatable bonds is 6. The van der Waals surface area contributed by atoms with Crippen LogP contribution in [0.3, 0.4) is 0 Å². The summed E-state index contributed by atoms with van der Waals surface area (Å²) in [5.41, 5.74) is -0.326. The van der Waals surface area contributed by atoms with Crippen molar-refractivity contribution in [3.05, 3.63) is 81.1 Å². The molecule has 8 heteroatoms. The number of hydrogen-bond donors (Lipinski definition) is 2. The average molecular weight is 381 g/mol. The number of ether oxygens (including phenoxy) is 1. The number of nitrogens with one attached hydrogen (secondary N) is 2. The van der Waals surface area contributed by atoms with Crippen LogP contribution >= 0.6 is 0 Å². The van der Waals surface area contributed by atoms with Crippen LogP contribution in [0.2, 0.25) is 0 Å². The lowest BCUT2D eigenvalue weighted by atomic mass is 10.00. The van der Waals surface area contributed by atoms with Crippen molar-refractivity contribution in [2.24, 2.45) is 0 Å². The number of esters is 1. The van der Waals surface area contributed by atoms with Crippen molar-refractivity contribution in [3.63, 3.8) is 0 Å². The highest BCUT2D eigenvalue weighted by Crippen LogP contribution is 2.23. The average Bonchev–Trinajstić information content (AvgIpc) is 2.68. The number of carbonyl (C=O) groups excluding carboxylic acids is 2. The second-order valence-electron chi connectivity index (χ2n) is 6.26. The summed E-state index contributed by atoms with van der Waals surface area (Å²) in [5.74, 6) is -1.22. The van der Waals surface area contributed by atoms with E-state index in [9.17, 15) is 19.2 Å². The maximum atomic E-state index is 12.1. The second kappa shape index (κ2) is 8.34. The van der Waals surface area contributed by atoms with E-state index in [2.05, 4.69) is 5.32 Å². The Labute approximate surface area is 159 Å². The monoisotopic (exact) mass is 381 g/mol. The van der Waals surface area contributed by atoms with Gasteiger partial charge in [0.1, 0.15) is 6.54 Å². The lowest BCUT2D eigenvalue weighted by Crippen LogP contribution is -2.34. The van der Waals surface area contributed by atoms with Gasteiger partial charge in [-0.15, -0.1) is 0 Å². The number of carbonyl (C=O) groups is 2. The van der Waals surface area contributed by atoms with Gasteiger partial charge in [0, 0.05) is 12.3 Å². The van der Waals surface area contributed by atoms with Gasteiger partial charge in [0.05, 0.1) is 6.04 Å². The molecule has 0 radical (unpaired) electrons. The normalized spacial score (nSPS) is 11.8. The summed E-state index contributed by atoms with van der Waals surface area (Å²) in [6.07, 6.45) is 1.19. The van der Waals surface area contributed by atoms with Crippen molar-refractivity contribution in [1.82, 2.24) is 14.9 Å². The van der Waals surface area contributed by atoms with Crippen molar-refractivity contribution in [1.29, 1.82) is 0 Å². The molecule has 8 nitrogen and oxygen atoms in total. The number of hydrogen-bond acceptors (Lipinski definition) is 5. The summed E-state index contributed by atoms with van der Waals surface area (Å²) in [6.45, 7) is 0.981. The molecule has 0 aliphatic rings. The molecular formula is C20H19N3O5. The molecule has 0 spiro atoms. The van der Waals surface area contributed by atoms with Crippen LogP contribution in [0.15, 0.2) is 64.3 Å². The van der Waals surface area contributed by atoms with E-state index in [0.717, 1.165) is 27.0 Å². The van der Waals surface area contributed by atoms with Crippen LogP contribution < -0.4 is 16.6 Å². The molecule has 2 N–H and O–H groups in total. The molecule has 28 heavy (non-hydrogen) atoms. The third kappa shape index (κ3) is 4.53. The number of aromatic nitrogens is 2. The van der Waals surface area contributed by atoms with Gasteiger partial charge in [0.25, 0.3) is 11.5 Å². The molecule has 1 amide bonds. The first-order valence-corrected chi connectivity index (χ1v) is 8.66. The van der Waals surface area contributed by atoms with Crippen LogP contribution in [0.25, 0.3) is 10.8 Å². The van der Waals surface area contributed by atoms with Gasteiger partial charge in [-0.1, -0.05) is 42.5 Å². The molecular weight excluding hydrogens is 362 g/mol. The molecule has 3 aromatic rings. The molecule has 144 valence electrons. The highest BCUT2D eigenvalue weighted by molar-refractivity contribution is 5.87. The van der Waals surface area contributed by atoms with E-state index in [-0.39, 0.29) is 6.04 Å². The molecule has 1 heterocycles. The second-order valence-corrected chi connectivity index (χ2v) is 6.26. The van der Waals surface area contributed by atoms with Crippen molar-refractivity contribution < 1.29 is 14.3 Å². The molecule has 0 bridgehead atoms. The van der Waals surface area contributed by atoms with Crippen molar-refractivity contribution in [3.8, 4) is 0 Å². The van der Waals surface area contributed by atoms with Gasteiger partial charge in [-0.2, -0.15) is 0 Å². The van der Waals surface area contributed by atoms with Gasteiger partial charge in [0.15, 0.2) is 6.61 Å². The Bertz CT molecular complexity index is 1130. The van der Waals surface area contributed by atoms with Gasteiger partial charge in [-0.25, -0.2) is 4.79 Å². The van der Waals surface area contributed by atoms with E-state index < -0.39 is 36.3 Å². The predicted octanol–water partition coefficient (Wildman–Crippen LogP) is 1.11. The van der Waals surface area contributed by atoms with Crippen LogP contribution in [0.1, 0.15) is 18.5 Å². The van der Waals surface area contributed by atoms with E-state index in [4.69, 9.17) is 4.74 Å². The molecule has 0 saturated heterocycles. The Balaban J connectivity index is 1.57. The Kier molecular flexibility index (Phi) is 5.69. The highest BCUT2D eigenvalue weighted by atomic mass is 16.5. The topological polar surface area (TPSA) is 110 Å². The summed E-state index contributed by atoms with van der Waals surface area (Å²) in [7, 11) is 0. The van der Waals surface area contributed by atoms with E-state index in [1.807, 2.05) is 54.4 Å². The minimum atomic E-state index is -0.762. The number of aromatic amines is 1. The Morgan fingerprint density at radius 3 is 2.64 bits per heavy atom. The fourth-order valence-corrected chi connectivity index (χ4v) is 2.89. The molecule has 0 aliphatic heterocycles. The molecule has 1 aromatic heterocycles. The smallest absolute Gasteiger partial charge is 0.328 e. The number of H-pyrrole nitrogens is 1. The molecule has 1 atom stereocenters. The summed E-state index contributed by atoms with van der Waals surface area (Å²) in [4.78, 5) is 48.5. The minimum Gasteiger partial charge on any atom is -0.454 e. The third-order valence-electron chi connectivity index (χ3n) is 4.23. The van der Waals surface area contributed by atoms with Crippen molar-refractivity contribution >= 4 is 22.6 Å². The van der Waals surface area contributed by atoms with Gasteiger partial charge in [-0.3, -0.25) is 23.9 Å². The van der Waals surface area contributed by atoms with Crippen LogP contribution in [0.5, 0.6) is 0 Å². The molecule has 0 saturated carbocycles. The molecule has 0 fully saturated rings. The number of fused-ring (bicyclic) bond motifs is 1. The lowest BCUT2D eigenvalue weighted by Gasteiger charge is -2.16. The van der Waals surface area contributed by atoms with Crippen LogP contribution in [0.4, 0.5) is 0 Å². The fraction of sp³-hybridized carbons (Fsp3) is 0.200. The van der Waals surface area contributed by atoms with Gasteiger partial charge in [-0.05, 0) is 23.3 Å². The standard InChI is InChI=1S/C20H19N3O5/c1-13(15-8-4-6-14-5-2-3-7-16(14)15)21-18(25)12-28-19(26)11-23-10-9-17(24)22-20(23)27/h2-10,13H,11-12H2,1H3,(H,21,25)(H,22,24,27)/t13-/m1/s1. The first-order chi connectivity index (χ1) is 13.4. The number of nitrogens with zero attached hydrogens (tertiary/aromatic N) is 1. The minimum absolute atomic E-state index is 0.279. The fourth-order valence-electron chi connectivity index (χ4n) is 2.89. The van der Waals surface area contributed by atoms with E-state index in [1.54, 1.807) is 0 Å². The van der Waals surface area contributed by atoms with Gasteiger partial charge < -0.3 is 10.1 Å². The first kappa shape index (κ1) is 19.1. The van der Waals surface area contributed by atoms with Crippen LogP contribution in [0, 0.1) is 0 Å². The van der Waals surface area contributed by atoms with Gasteiger partial charge >= 0.3 is 11.7 Å². The summed E-state index contributed by atoms with van der Waals surface area (Å²) >= 11 is 0. The highest BCUT2D eigenvalue weighted by Gasteiger charge is 2.14. The molecule has 0 unspecified atom stereocenters. The molecule has 3 rings (SSSR count). The molecule has 0 aliphatic carbocycles. The summed E-state index contributed by atoms with van der Waals surface area (Å²) in [6, 6.07) is 14.5.